The quantitative estimate of drug-likeness (QED) is 0.674. The van der Waals surface area contributed by atoms with E-state index in [4.69, 9.17) is 27.9 Å². The summed E-state index contributed by atoms with van der Waals surface area (Å²) in [7, 11) is -0.539. The molecule has 0 saturated heterocycles. The number of ether oxygens (including phenoxy) is 1. The monoisotopic (exact) mass is 430 g/mol. The van der Waals surface area contributed by atoms with Gasteiger partial charge in [0.2, 0.25) is 15.9 Å². The third-order valence-corrected chi connectivity index (χ3v) is 5.53. The van der Waals surface area contributed by atoms with Gasteiger partial charge in [0.25, 0.3) is 0 Å². The molecule has 0 unspecified atom stereocenters. The summed E-state index contributed by atoms with van der Waals surface area (Å²) in [5.41, 5.74) is 1.09. The number of anilines is 1. The molecule has 0 fully saturated rings. The summed E-state index contributed by atoms with van der Waals surface area (Å²) in [5, 5.41) is 0.527. The van der Waals surface area contributed by atoms with Gasteiger partial charge in [-0.1, -0.05) is 35.3 Å². The molecule has 1 amide bonds. The van der Waals surface area contributed by atoms with Crippen molar-refractivity contribution < 1.29 is 17.9 Å². The van der Waals surface area contributed by atoms with Crippen LogP contribution in [-0.4, -0.2) is 46.2 Å². The summed E-state index contributed by atoms with van der Waals surface area (Å²) in [6, 6.07) is 11.7. The van der Waals surface area contributed by atoms with Crippen LogP contribution in [-0.2, 0) is 21.4 Å². The molecule has 0 aromatic heterocycles. The fourth-order valence-corrected chi connectivity index (χ4v) is 3.82. The first kappa shape index (κ1) is 21.3. The predicted octanol–water partition coefficient (Wildman–Crippen LogP) is 3.43. The van der Waals surface area contributed by atoms with Crippen molar-refractivity contribution in [1.29, 1.82) is 0 Å². The molecule has 0 atom stereocenters. The van der Waals surface area contributed by atoms with Gasteiger partial charge in [-0.25, -0.2) is 8.42 Å². The Balaban J connectivity index is 2.17. The van der Waals surface area contributed by atoms with E-state index in [9.17, 15) is 13.2 Å². The van der Waals surface area contributed by atoms with Crippen LogP contribution in [0.15, 0.2) is 42.5 Å². The molecule has 2 aromatic carbocycles. The van der Waals surface area contributed by atoms with Crippen LogP contribution in [0.25, 0.3) is 0 Å². The summed E-state index contributed by atoms with van der Waals surface area (Å²) in [6.45, 7) is -0.0401. The zero-order valence-electron chi connectivity index (χ0n) is 15.1. The Morgan fingerprint density at radius 1 is 1.11 bits per heavy atom. The Morgan fingerprint density at radius 2 is 1.74 bits per heavy atom. The van der Waals surface area contributed by atoms with Gasteiger partial charge in [0.1, 0.15) is 12.3 Å². The average Bonchev–Trinajstić information content (AvgIpc) is 2.59. The van der Waals surface area contributed by atoms with Crippen LogP contribution >= 0.6 is 23.2 Å². The van der Waals surface area contributed by atoms with Crippen molar-refractivity contribution in [3.8, 4) is 5.75 Å². The maximum absolute atomic E-state index is 12.6. The molecule has 0 N–H and O–H groups in total. The number of benzene rings is 2. The van der Waals surface area contributed by atoms with Crippen LogP contribution in [0.4, 0.5) is 5.69 Å². The van der Waals surface area contributed by atoms with Crippen LogP contribution in [0.3, 0.4) is 0 Å². The molecular formula is C18H20Cl2N2O4S. The number of carbonyl (C=O) groups excluding carboxylic acids is 1. The Bertz CT molecular complexity index is 917. The first-order valence-corrected chi connectivity index (χ1v) is 10.5. The molecule has 0 aliphatic rings. The minimum Gasteiger partial charge on any atom is -0.497 e. The fraction of sp³-hybridized carbons (Fsp3) is 0.278. The molecule has 0 saturated carbocycles. The van der Waals surface area contributed by atoms with E-state index < -0.39 is 10.0 Å². The highest BCUT2D eigenvalue weighted by Crippen LogP contribution is 2.30. The number of halogens is 2. The van der Waals surface area contributed by atoms with Gasteiger partial charge in [-0.15, -0.1) is 0 Å². The van der Waals surface area contributed by atoms with Crippen LogP contribution in [0.1, 0.15) is 5.56 Å². The van der Waals surface area contributed by atoms with Crippen LogP contribution in [0.2, 0.25) is 10.0 Å². The lowest BCUT2D eigenvalue weighted by Crippen LogP contribution is -2.41. The minimum atomic E-state index is -3.72. The first-order valence-electron chi connectivity index (χ1n) is 7.91. The number of amides is 1. The van der Waals surface area contributed by atoms with Gasteiger partial charge in [0.05, 0.1) is 24.1 Å². The van der Waals surface area contributed by atoms with E-state index in [1.165, 1.54) is 23.1 Å². The number of sulfonamides is 1. The Labute approximate surface area is 169 Å². The number of rotatable bonds is 7. The number of hydrogen-bond acceptors (Lipinski definition) is 4. The smallest absolute Gasteiger partial charge is 0.243 e. The summed E-state index contributed by atoms with van der Waals surface area (Å²) in [5.74, 6) is 0.343. The Hall–Kier alpha value is -1.96. The van der Waals surface area contributed by atoms with Gasteiger partial charge < -0.3 is 9.64 Å². The second-order valence-corrected chi connectivity index (χ2v) is 8.71. The molecule has 2 aromatic rings. The number of likely N-dealkylation sites (N-methyl/N-ethyl adjacent to an activating group) is 1. The van der Waals surface area contributed by atoms with Crippen molar-refractivity contribution in [1.82, 2.24) is 4.90 Å². The maximum Gasteiger partial charge on any atom is 0.243 e. The molecule has 0 radical (unpaired) electrons. The molecule has 6 nitrogen and oxygen atoms in total. The molecule has 0 spiro atoms. The predicted molar refractivity (Wildman–Crippen MR) is 108 cm³/mol. The molecule has 9 heteroatoms. The second-order valence-electron chi connectivity index (χ2n) is 5.96. The number of carbonyl (C=O) groups is 1. The van der Waals surface area contributed by atoms with Crippen LogP contribution in [0.5, 0.6) is 5.75 Å². The second kappa shape index (κ2) is 8.82. The van der Waals surface area contributed by atoms with E-state index in [0.29, 0.717) is 17.3 Å². The van der Waals surface area contributed by atoms with Crippen molar-refractivity contribution in [2.24, 2.45) is 0 Å². The molecule has 27 heavy (non-hydrogen) atoms. The number of hydrogen-bond donors (Lipinski definition) is 0. The zero-order chi connectivity index (χ0) is 20.2. The van der Waals surface area contributed by atoms with E-state index in [1.54, 1.807) is 26.3 Å². The third kappa shape index (κ3) is 5.76. The highest BCUT2D eigenvalue weighted by Gasteiger charge is 2.24. The minimum absolute atomic E-state index is 0.151. The summed E-state index contributed by atoms with van der Waals surface area (Å²) in [6.07, 6.45) is 1.02. The molecule has 0 aliphatic heterocycles. The third-order valence-electron chi connectivity index (χ3n) is 3.86. The van der Waals surface area contributed by atoms with Gasteiger partial charge >= 0.3 is 0 Å². The lowest BCUT2D eigenvalue weighted by Gasteiger charge is -2.26. The average molecular weight is 431 g/mol. The molecule has 146 valence electrons. The summed E-state index contributed by atoms with van der Waals surface area (Å²) in [4.78, 5) is 14.1. The van der Waals surface area contributed by atoms with Gasteiger partial charge in [-0.2, -0.15) is 0 Å². The van der Waals surface area contributed by atoms with Crippen LogP contribution in [0, 0.1) is 0 Å². The highest BCUT2D eigenvalue weighted by atomic mass is 35.5. The van der Waals surface area contributed by atoms with Gasteiger partial charge in [-0.3, -0.25) is 9.10 Å². The van der Waals surface area contributed by atoms with E-state index in [2.05, 4.69) is 0 Å². The van der Waals surface area contributed by atoms with Crippen molar-refractivity contribution in [3.63, 3.8) is 0 Å². The van der Waals surface area contributed by atoms with Crippen molar-refractivity contribution in [3.05, 3.63) is 58.1 Å². The fourth-order valence-electron chi connectivity index (χ4n) is 2.40. The van der Waals surface area contributed by atoms with Crippen molar-refractivity contribution in [2.45, 2.75) is 6.54 Å². The number of nitrogens with zero attached hydrogens (tertiary/aromatic N) is 2. The van der Waals surface area contributed by atoms with E-state index in [1.807, 2.05) is 12.1 Å². The molecule has 0 heterocycles. The molecule has 0 bridgehead atoms. The van der Waals surface area contributed by atoms with Gasteiger partial charge in [0.15, 0.2) is 0 Å². The Kier molecular flexibility index (Phi) is 6.97. The first-order chi connectivity index (χ1) is 12.6. The lowest BCUT2D eigenvalue weighted by molar-refractivity contribution is -0.128. The standard InChI is InChI=1S/C18H20Cl2N2O4S/c1-21(11-13-4-7-15(26-2)8-5-13)18(23)12-22(27(3,24)25)17-9-6-14(19)10-16(17)20/h4-10H,11-12H2,1-3H3. The largest absolute Gasteiger partial charge is 0.497 e. The van der Waals surface area contributed by atoms with E-state index in [-0.39, 0.29) is 23.2 Å². The van der Waals surface area contributed by atoms with Crippen molar-refractivity contribution >= 4 is 44.8 Å². The maximum atomic E-state index is 12.6. The van der Waals surface area contributed by atoms with E-state index in [0.717, 1.165) is 16.1 Å². The molecule has 2 rings (SSSR count). The lowest BCUT2D eigenvalue weighted by atomic mass is 10.2. The van der Waals surface area contributed by atoms with Gasteiger partial charge in [0, 0.05) is 18.6 Å². The topological polar surface area (TPSA) is 66.9 Å². The highest BCUT2D eigenvalue weighted by molar-refractivity contribution is 7.92. The SMILES string of the molecule is COc1ccc(CN(C)C(=O)CN(c2ccc(Cl)cc2Cl)S(C)(=O)=O)cc1. The number of methoxy groups -OCH3 is 1. The van der Waals surface area contributed by atoms with Gasteiger partial charge in [-0.05, 0) is 35.9 Å². The Morgan fingerprint density at radius 3 is 2.26 bits per heavy atom. The normalized spacial score (nSPS) is 11.1. The van der Waals surface area contributed by atoms with E-state index >= 15 is 0 Å². The summed E-state index contributed by atoms with van der Waals surface area (Å²) < 4.78 is 30.5. The van der Waals surface area contributed by atoms with Crippen molar-refractivity contribution in [2.75, 3.05) is 31.3 Å². The molecule has 0 aliphatic carbocycles. The van der Waals surface area contributed by atoms with Crippen LogP contribution < -0.4 is 9.04 Å². The molecular weight excluding hydrogens is 411 g/mol. The summed E-state index contributed by atoms with van der Waals surface area (Å²) >= 11 is 12.0. The zero-order valence-corrected chi connectivity index (χ0v) is 17.5.